The minimum Gasteiger partial charge on any atom is -0.351 e. The highest BCUT2D eigenvalue weighted by Crippen LogP contribution is 2.24. The van der Waals surface area contributed by atoms with Crippen molar-refractivity contribution in [1.29, 1.82) is 0 Å². The fourth-order valence-corrected chi connectivity index (χ4v) is 2.72. The van der Waals surface area contributed by atoms with Gasteiger partial charge in [-0.15, -0.1) is 5.10 Å². The van der Waals surface area contributed by atoms with Gasteiger partial charge in [0.05, 0.1) is 0 Å². The minimum atomic E-state index is 0.507. The van der Waals surface area contributed by atoms with Crippen molar-refractivity contribution in [1.82, 2.24) is 15.5 Å². The van der Waals surface area contributed by atoms with E-state index in [9.17, 15) is 0 Å². The lowest BCUT2D eigenvalue weighted by atomic mass is 9.96. The summed E-state index contributed by atoms with van der Waals surface area (Å²) in [6, 6.07) is 5.09. The van der Waals surface area contributed by atoms with Gasteiger partial charge in [0.2, 0.25) is 0 Å². The van der Waals surface area contributed by atoms with Gasteiger partial charge in [-0.3, -0.25) is 0 Å². The lowest BCUT2D eigenvalue weighted by Crippen LogP contribution is -2.51. The molecule has 2 heterocycles. The summed E-state index contributed by atoms with van der Waals surface area (Å²) < 4.78 is 0. The molecule has 1 N–H and O–H groups in total. The zero-order chi connectivity index (χ0) is 12.8. The van der Waals surface area contributed by atoms with Crippen LogP contribution in [-0.4, -0.2) is 35.4 Å². The number of anilines is 1. The van der Waals surface area contributed by atoms with Gasteiger partial charge in [-0.25, -0.2) is 0 Å². The van der Waals surface area contributed by atoms with Crippen molar-refractivity contribution < 1.29 is 0 Å². The van der Waals surface area contributed by atoms with E-state index in [0.717, 1.165) is 18.9 Å². The predicted molar refractivity (Wildman–Crippen MR) is 74.8 cm³/mol. The van der Waals surface area contributed by atoms with Crippen LogP contribution >= 0.6 is 0 Å². The SMILES string of the molecule is CCCNC(C)C1CCCCN1c1cccnn1. The summed E-state index contributed by atoms with van der Waals surface area (Å²) in [5.41, 5.74) is 0. The molecule has 1 aliphatic heterocycles. The van der Waals surface area contributed by atoms with Crippen molar-refractivity contribution in [3.63, 3.8) is 0 Å². The summed E-state index contributed by atoms with van der Waals surface area (Å²) in [7, 11) is 0. The van der Waals surface area contributed by atoms with E-state index in [-0.39, 0.29) is 0 Å². The van der Waals surface area contributed by atoms with Gasteiger partial charge in [0, 0.05) is 24.8 Å². The van der Waals surface area contributed by atoms with Gasteiger partial charge in [0.25, 0.3) is 0 Å². The molecule has 0 aromatic carbocycles. The van der Waals surface area contributed by atoms with Crippen LogP contribution in [0.3, 0.4) is 0 Å². The van der Waals surface area contributed by atoms with Crippen molar-refractivity contribution in [2.24, 2.45) is 0 Å². The number of rotatable bonds is 5. The van der Waals surface area contributed by atoms with E-state index in [1.807, 2.05) is 6.07 Å². The van der Waals surface area contributed by atoms with E-state index in [4.69, 9.17) is 0 Å². The fraction of sp³-hybridized carbons (Fsp3) is 0.714. The third kappa shape index (κ3) is 3.19. The van der Waals surface area contributed by atoms with Gasteiger partial charge >= 0.3 is 0 Å². The van der Waals surface area contributed by atoms with Crippen molar-refractivity contribution in [2.75, 3.05) is 18.0 Å². The van der Waals surface area contributed by atoms with Crippen LogP contribution in [0.5, 0.6) is 0 Å². The van der Waals surface area contributed by atoms with Crippen LogP contribution in [0.15, 0.2) is 18.3 Å². The molecule has 0 saturated carbocycles. The summed E-state index contributed by atoms with van der Waals surface area (Å²) in [4.78, 5) is 2.42. The number of aromatic nitrogens is 2. The van der Waals surface area contributed by atoms with E-state index >= 15 is 0 Å². The summed E-state index contributed by atoms with van der Waals surface area (Å²) in [6.45, 7) is 6.68. The zero-order valence-corrected chi connectivity index (χ0v) is 11.5. The van der Waals surface area contributed by atoms with Crippen LogP contribution in [0.2, 0.25) is 0 Å². The standard InChI is InChI=1S/C14H24N4/c1-3-9-15-12(2)13-7-4-5-11-18(13)14-8-6-10-16-17-14/h6,8,10,12-13,15H,3-5,7,9,11H2,1-2H3. The first kappa shape index (κ1) is 13.3. The van der Waals surface area contributed by atoms with Gasteiger partial charge in [-0.05, 0) is 51.3 Å². The van der Waals surface area contributed by atoms with E-state index in [1.165, 1.54) is 25.7 Å². The quantitative estimate of drug-likeness (QED) is 0.867. The summed E-state index contributed by atoms with van der Waals surface area (Å²) in [6.07, 6.45) is 6.74. The van der Waals surface area contributed by atoms with Gasteiger partial charge in [0.15, 0.2) is 5.82 Å². The molecule has 1 fully saturated rings. The van der Waals surface area contributed by atoms with E-state index in [0.29, 0.717) is 12.1 Å². The zero-order valence-electron chi connectivity index (χ0n) is 11.5. The highest BCUT2D eigenvalue weighted by molar-refractivity contribution is 5.39. The molecular weight excluding hydrogens is 224 g/mol. The maximum atomic E-state index is 4.26. The Balaban J connectivity index is 2.06. The number of hydrogen-bond donors (Lipinski definition) is 1. The maximum Gasteiger partial charge on any atom is 0.151 e. The third-order valence-corrected chi connectivity index (χ3v) is 3.70. The molecule has 1 aliphatic rings. The number of piperidine rings is 1. The van der Waals surface area contributed by atoms with Crippen LogP contribution in [0, 0.1) is 0 Å². The molecule has 0 bridgehead atoms. The Hall–Kier alpha value is -1.16. The highest BCUT2D eigenvalue weighted by atomic mass is 15.3. The van der Waals surface area contributed by atoms with Crippen LogP contribution < -0.4 is 10.2 Å². The first-order valence-corrected chi connectivity index (χ1v) is 7.10. The topological polar surface area (TPSA) is 41.0 Å². The molecule has 0 amide bonds. The molecule has 100 valence electrons. The Morgan fingerprint density at radius 1 is 1.50 bits per heavy atom. The molecular formula is C14H24N4. The third-order valence-electron chi connectivity index (χ3n) is 3.70. The van der Waals surface area contributed by atoms with Gasteiger partial charge < -0.3 is 10.2 Å². The smallest absolute Gasteiger partial charge is 0.151 e. The number of nitrogens with one attached hydrogen (secondary N) is 1. The molecule has 2 rings (SSSR count). The molecule has 18 heavy (non-hydrogen) atoms. The average molecular weight is 248 g/mol. The fourth-order valence-electron chi connectivity index (χ4n) is 2.72. The lowest BCUT2D eigenvalue weighted by molar-refractivity contribution is 0.365. The Labute approximate surface area is 110 Å². The summed E-state index contributed by atoms with van der Waals surface area (Å²) in [5.74, 6) is 1.02. The Morgan fingerprint density at radius 3 is 3.11 bits per heavy atom. The Bertz CT molecular complexity index is 341. The molecule has 0 spiro atoms. The molecule has 2 unspecified atom stereocenters. The largest absolute Gasteiger partial charge is 0.351 e. The minimum absolute atomic E-state index is 0.507. The van der Waals surface area contributed by atoms with Crippen molar-refractivity contribution >= 4 is 5.82 Å². The molecule has 4 nitrogen and oxygen atoms in total. The molecule has 2 atom stereocenters. The van der Waals surface area contributed by atoms with E-state index in [2.05, 4.69) is 40.3 Å². The molecule has 1 saturated heterocycles. The first-order valence-electron chi connectivity index (χ1n) is 7.10. The number of nitrogens with zero attached hydrogens (tertiary/aromatic N) is 3. The van der Waals surface area contributed by atoms with Crippen LogP contribution in [0.25, 0.3) is 0 Å². The molecule has 4 heteroatoms. The molecule has 1 aromatic heterocycles. The van der Waals surface area contributed by atoms with Crippen LogP contribution in [0.1, 0.15) is 39.5 Å². The Morgan fingerprint density at radius 2 is 2.39 bits per heavy atom. The second-order valence-corrected chi connectivity index (χ2v) is 5.08. The molecule has 1 aromatic rings. The lowest BCUT2D eigenvalue weighted by Gasteiger charge is -2.40. The number of hydrogen-bond acceptors (Lipinski definition) is 4. The summed E-state index contributed by atoms with van der Waals surface area (Å²) >= 11 is 0. The van der Waals surface area contributed by atoms with E-state index < -0.39 is 0 Å². The monoisotopic (exact) mass is 248 g/mol. The predicted octanol–water partition coefficient (Wildman–Crippen LogP) is 2.22. The van der Waals surface area contributed by atoms with E-state index in [1.54, 1.807) is 6.20 Å². The maximum absolute atomic E-state index is 4.26. The normalized spacial score (nSPS) is 21.9. The highest BCUT2D eigenvalue weighted by Gasteiger charge is 2.27. The second-order valence-electron chi connectivity index (χ2n) is 5.08. The van der Waals surface area contributed by atoms with Crippen LogP contribution in [-0.2, 0) is 0 Å². The van der Waals surface area contributed by atoms with Crippen molar-refractivity contribution in [3.8, 4) is 0 Å². The average Bonchev–Trinajstić information content (AvgIpc) is 2.45. The van der Waals surface area contributed by atoms with Crippen molar-refractivity contribution in [3.05, 3.63) is 18.3 Å². The van der Waals surface area contributed by atoms with Gasteiger partial charge in [0.1, 0.15) is 0 Å². The summed E-state index contributed by atoms with van der Waals surface area (Å²) in [5, 5.41) is 11.9. The Kier molecular flexibility index (Phi) is 4.93. The first-order chi connectivity index (χ1) is 8.83. The van der Waals surface area contributed by atoms with Crippen LogP contribution in [0.4, 0.5) is 5.82 Å². The molecule has 0 radical (unpaired) electrons. The second kappa shape index (κ2) is 6.69. The van der Waals surface area contributed by atoms with Crippen molar-refractivity contribution in [2.45, 2.75) is 51.6 Å². The van der Waals surface area contributed by atoms with Gasteiger partial charge in [-0.1, -0.05) is 6.92 Å². The molecule has 0 aliphatic carbocycles. The van der Waals surface area contributed by atoms with Gasteiger partial charge in [-0.2, -0.15) is 5.10 Å².